The quantitative estimate of drug-likeness (QED) is 0.176. The van der Waals surface area contributed by atoms with E-state index in [1.165, 1.54) is 20.3 Å². The molecule has 10 heteroatoms. The Bertz CT molecular complexity index is 1250. The van der Waals surface area contributed by atoms with Crippen LogP contribution in [0.2, 0.25) is 0 Å². The molecule has 2 N–H and O–H groups in total. The van der Waals surface area contributed by atoms with Crippen LogP contribution in [0.3, 0.4) is 0 Å². The Labute approximate surface area is 246 Å². The van der Waals surface area contributed by atoms with Crippen LogP contribution in [-0.2, 0) is 18.9 Å². The molecule has 1 aliphatic rings. The summed E-state index contributed by atoms with van der Waals surface area (Å²) in [5, 5.41) is 19.9. The van der Waals surface area contributed by atoms with Gasteiger partial charge in [0.05, 0.1) is 24.9 Å². The zero-order valence-electron chi connectivity index (χ0n) is 24.8. The van der Waals surface area contributed by atoms with Gasteiger partial charge in [0.1, 0.15) is 29.3 Å². The predicted octanol–water partition coefficient (Wildman–Crippen LogP) is 5.10. The van der Waals surface area contributed by atoms with E-state index in [2.05, 4.69) is 0 Å². The maximum absolute atomic E-state index is 13.0. The van der Waals surface area contributed by atoms with E-state index in [4.69, 9.17) is 28.4 Å². The van der Waals surface area contributed by atoms with Crippen molar-refractivity contribution in [3.63, 3.8) is 0 Å². The second-order valence-corrected chi connectivity index (χ2v) is 10.4. The Morgan fingerprint density at radius 1 is 1.07 bits per heavy atom. The molecule has 0 radical (unpaired) electrons. The van der Waals surface area contributed by atoms with E-state index >= 15 is 0 Å². The van der Waals surface area contributed by atoms with Crippen molar-refractivity contribution in [3.05, 3.63) is 77.4 Å². The van der Waals surface area contributed by atoms with Crippen molar-refractivity contribution >= 4 is 18.0 Å². The third-order valence-electron chi connectivity index (χ3n) is 6.72. The highest BCUT2D eigenvalue weighted by atomic mass is 16.8. The van der Waals surface area contributed by atoms with Crippen LogP contribution in [0.1, 0.15) is 60.4 Å². The summed E-state index contributed by atoms with van der Waals surface area (Å²) in [6, 6.07) is 11.7. The van der Waals surface area contributed by atoms with Gasteiger partial charge in [-0.15, -0.1) is 0 Å². The SMILES string of the molecule is COCOc1cc(OC)cc(/C=C/C[C@@H]2OC(C)(C)OC2C(/C=C\[C@H](C)C(C)O)OC(=O)c2ccccc2)c1C(=O)O. The van der Waals surface area contributed by atoms with Crippen LogP contribution in [0, 0.1) is 5.92 Å². The molecule has 0 aliphatic carbocycles. The molecule has 1 fully saturated rings. The van der Waals surface area contributed by atoms with Crippen LogP contribution in [0.5, 0.6) is 11.5 Å². The van der Waals surface area contributed by atoms with Crippen LogP contribution >= 0.6 is 0 Å². The summed E-state index contributed by atoms with van der Waals surface area (Å²) < 4.78 is 34.1. The number of carbonyl (C=O) groups excluding carboxylic acids is 1. The molecule has 5 atom stereocenters. The predicted molar refractivity (Wildman–Crippen MR) is 156 cm³/mol. The molecular formula is C32H40O10. The minimum absolute atomic E-state index is 0.0470. The lowest BCUT2D eigenvalue weighted by atomic mass is 9.99. The molecule has 0 amide bonds. The van der Waals surface area contributed by atoms with Crippen molar-refractivity contribution in [3.8, 4) is 11.5 Å². The molecule has 0 bridgehead atoms. The lowest BCUT2D eigenvalue weighted by Crippen LogP contribution is -2.37. The van der Waals surface area contributed by atoms with Crippen LogP contribution < -0.4 is 9.47 Å². The fourth-order valence-corrected chi connectivity index (χ4v) is 4.41. The van der Waals surface area contributed by atoms with Crippen molar-refractivity contribution in [2.75, 3.05) is 21.0 Å². The number of aliphatic hydroxyl groups is 1. The molecule has 3 rings (SSSR count). The molecule has 0 saturated carbocycles. The number of esters is 1. The number of methoxy groups -OCH3 is 2. The van der Waals surface area contributed by atoms with E-state index in [-0.39, 0.29) is 24.0 Å². The normalized spacial score (nSPS) is 20.4. The summed E-state index contributed by atoms with van der Waals surface area (Å²) in [5.74, 6) is -2.36. The lowest BCUT2D eigenvalue weighted by molar-refractivity contribution is -0.152. The summed E-state index contributed by atoms with van der Waals surface area (Å²) in [6.45, 7) is 6.94. The molecule has 42 heavy (non-hydrogen) atoms. The first-order chi connectivity index (χ1) is 20.0. The molecular weight excluding hydrogens is 544 g/mol. The van der Waals surface area contributed by atoms with Gasteiger partial charge in [-0.3, -0.25) is 0 Å². The Morgan fingerprint density at radius 3 is 2.40 bits per heavy atom. The van der Waals surface area contributed by atoms with Gasteiger partial charge >= 0.3 is 11.9 Å². The number of aliphatic hydroxyl groups excluding tert-OH is 1. The number of aromatic carboxylic acids is 1. The van der Waals surface area contributed by atoms with E-state index < -0.39 is 42.1 Å². The Morgan fingerprint density at radius 2 is 1.79 bits per heavy atom. The molecule has 1 heterocycles. The maximum Gasteiger partial charge on any atom is 0.340 e. The second kappa shape index (κ2) is 15.0. The average Bonchev–Trinajstić information content (AvgIpc) is 3.27. The standard InChI is InChI=1S/C32H40O10/c1-20(21(2)33)15-16-25(40-31(36)22-11-8-7-9-12-22)29-26(41-32(3,4)42-29)14-10-13-23-17-24(38-6)18-27(39-19-37-5)28(23)30(34)35/h7-13,15-18,20-21,25-26,29,33H,14,19H2,1-6H3,(H,34,35)/b13-10+,16-15-/t20-,21?,25?,26-,29?/m0/s1. The van der Waals surface area contributed by atoms with E-state index in [0.717, 1.165) is 0 Å². The minimum Gasteiger partial charge on any atom is -0.497 e. The third kappa shape index (κ3) is 8.90. The monoisotopic (exact) mass is 584 g/mol. The molecule has 0 aromatic heterocycles. The smallest absolute Gasteiger partial charge is 0.340 e. The molecule has 1 aliphatic heterocycles. The van der Waals surface area contributed by atoms with Gasteiger partial charge in [0, 0.05) is 13.2 Å². The number of hydrogen-bond donors (Lipinski definition) is 2. The summed E-state index contributed by atoms with van der Waals surface area (Å²) >= 11 is 0. The van der Waals surface area contributed by atoms with Gasteiger partial charge in [-0.25, -0.2) is 9.59 Å². The number of benzene rings is 2. The van der Waals surface area contributed by atoms with Crippen molar-refractivity contribution in [1.82, 2.24) is 0 Å². The third-order valence-corrected chi connectivity index (χ3v) is 6.72. The Balaban J connectivity index is 1.91. The van der Waals surface area contributed by atoms with Gasteiger partial charge in [-0.05, 0) is 62.9 Å². The van der Waals surface area contributed by atoms with E-state index in [0.29, 0.717) is 23.3 Å². The molecule has 2 aromatic carbocycles. The molecule has 228 valence electrons. The van der Waals surface area contributed by atoms with E-state index in [1.54, 1.807) is 75.4 Å². The van der Waals surface area contributed by atoms with Gasteiger partial charge in [-0.1, -0.05) is 43.4 Å². The minimum atomic E-state index is -1.17. The van der Waals surface area contributed by atoms with Gasteiger partial charge in [0.2, 0.25) is 0 Å². The summed E-state index contributed by atoms with van der Waals surface area (Å²) in [7, 11) is 2.91. The zero-order valence-corrected chi connectivity index (χ0v) is 24.8. The summed E-state index contributed by atoms with van der Waals surface area (Å²) in [6.07, 6.45) is 4.53. The van der Waals surface area contributed by atoms with Gasteiger partial charge in [0.15, 0.2) is 12.6 Å². The number of carboxylic acid groups (broad SMARTS) is 1. The molecule has 3 unspecified atom stereocenters. The van der Waals surface area contributed by atoms with E-state index in [1.807, 2.05) is 13.0 Å². The zero-order chi connectivity index (χ0) is 30.9. The molecule has 10 nitrogen and oxygen atoms in total. The Hall–Kier alpha value is -3.70. The van der Waals surface area contributed by atoms with Crippen molar-refractivity contribution in [2.24, 2.45) is 5.92 Å². The van der Waals surface area contributed by atoms with Crippen LogP contribution in [0.25, 0.3) is 6.08 Å². The van der Waals surface area contributed by atoms with E-state index in [9.17, 15) is 19.8 Å². The average molecular weight is 585 g/mol. The largest absolute Gasteiger partial charge is 0.497 e. The van der Waals surface area contributed by atoms with Gasteiger partial charge in [0.25, 0.3) is 0 Å². The Kier molecular flexibility index (Phi) is 11.7. The van der Waals surface area contributed by atoms with Gasteiger partial charge < -0.3 is 38.6 Å². The first kappa shape index (κ1) is 32.8. The van der Waals surface area contributed by atoms with Crippen LogP contribution in [0.4, 0.5) is 0 Å². The summed E-state index contributed by atoms with van der Waals surface area (Å²) in [5.41, 5.74) is 0.703. The first-order valence-electron chi connectivity index (χ1n) is 13.7. The highest BCUT2D eigenvalue weighted by Crippen LogP contribution is 2.35. The molecule has 2 aromatic rings. The lowest BCUT2D eigenvalue weighted by Gasteiger charge is -2.25. The highest BCUT2D eigenvalue weighted by Gasteiger charge is 2.45. The fraction of sp³-hybridized carbons (Fsp3) is 0.438. The molecule has 0 spiro atoms. The van der Waals surface area contributed by atoms with Crippen LogP contribution in [-0.4, -0.2) is 73.4 Å². The number of ether oxygens (including phenoxy) is 6. The summed E-state index contributed by atoms with van der Waals surface area (Å²) in [4.78, 5) is 25.2. The highest BCUT2D eigenvalue weighted by molar-refractivity contribution is 5.95. The van der Waals surface area contributed by atoms with Crippen molar-refractivity contribution in [2.45, 2.75) is 64.3 Å². The number of rotatable bonds is 14. The number of hydrogen-bond acceptors (Lipinski definition) is 9. The number of carbonyl (C=O) groups is 2. The topological polar surface area (TPSA) is 130 Å². The molecule has 1 saturated heterocycles. The van der Waals surface area contributed by atoms with Gasteiger partial charge in [-0.2, -0.15) is 0 Å². The van der Waals surface area contributed by atoms with Crippen molar-refractivity contribution < 1.29 is 48.2 Å². The first-order valence-corrected chi connectivity index (χ1v) is 13.7. The number of carboxylic acids is 1. The fourth-order valence-electron chi connectivity index (χ4n) is 4.41. The van der Waals surface area contributed by atoms with Crippen molar-refractivity contribution in [1.29, 1.82) is 0 Å². The maximum atomic E-state index is 13.0. The van der Waals surface area contributed by atoms with Crippen LogP contribution in [0.15, 0.2) is 60.7 Å². The second-order valence-electron chi connectivity index (χ2n) is 10.4.